The normalized spacial score (nSPS) is 17.3. The number of ketones is 1. The molecule has 28 heavy (non-hydrogen) atoms. The van der Waals surface area contributed by atoms with Crippen molar-refractivity contribution in [3.05, 3.63) is 58.8 Å². The van der Waals surface area contributed by atoms with Gasteiger partial charge in [-0.05, 0) is 48.7 Å². The topological polar surface area (TPSA) is 48.0 Å². The van der Waals surface area contributed by atoms with Gasteiger partial charge in [-0.25, -0.2) is 0 Å². The summed E-state index contributed by atoms with van der Waals surface area (Å²) in [5, 5.41) is 0. The van der Waals surface area contributed by atoms with E-state index in [2.05, 4.69) is 18.7 Å². The van der Waals surface area contributed by atoms with Gasteiger partial charge in [-0.1, -0.05) is 26.0 Å². The van der Waals surface area contributed by atoms with Gasteiger partial charge in [-0.15, -0.1) is 0 Å². The average Bonchev–Trinajstić information content (AvgIpc) is 2.99. The van der Waals surface area contributed by atoms with Crippen LogP contribution in [-0.4, -0.2) is 30.6 Å². The van der Waals surface area contributed by atoms with E-state index < -0.39 is 0 Å². The second kappa shape index (κ2) is 7.68. The highest BCUT2D eigenvalue weighted by molar-refractivity contribution is 6.15. The third-order valence-corrected chi connectivity index (χ3v) is 4.79. The number of benzene rings is 2. The Labute approximate surface area is 165 Å². The molecule has 0 radical (unpaired) electrons. The monoisotopic (exact) mass is 379 g/mol. The summed E-state index contributed by atoms with van der Waals surface area (Å²) in [6, 6.07) is 11.3. The molecule has 0 unspecified atom stereocenters. The summed E-state index contributed by atoms with van der Waals surface area (Å²) in [4.78, 5) is 15.1. The number of allylic oxidation sites excluding steroid dienone is 1. The van der Waals surface area contributed by atoms with E-state index in [1.54, 1.807) is 12.1 Å². The molecule has 2 aliphatic heterocycles. The van der Waals surface area contributed by atoms with Gasteiger partial charge in [0.25, 0.3) is 0 Å². The number of carbonyl (C=O) groups is 1. The summed E-state index contributed by atoms with van der Waals surface area (Å²) in [7, 11) is 0. The lowest BCUT2D eigenvalue weighted by Gasteiger charge is -2.30. The van der Waals surface area contributed by atoms with Crippen molar-refractivity contribution in [2.75, 3.05) is 19.9 Å². The van der Waals surface area contributed by atoms with E-state index >= 15 is 0 Å². The Morgan fingerprint density at radius 3 is 2.68 bits per heavy atom. The number of Topliss-reactive ketones (excluding diaryl/α,β-unsaturated/α-hetero) is 1. The fraction of sp³-hybridized carbons (Fsp3) is 0.348. The third-order valence-electron chi connectivity index (χ3n) is 4.79. The third kappa shape index (κ3) is 3.62. The summed E-state index contributed by atoms with van der Waals surface area (Å²) in [6.07, 6.45) is 1.78. The Balaban J connectivity index is 1.60. The molecule has 4 rings (SSSR count). The van der Waals surface area contributed by atoms with Crippen LogP contribution in [0.25, 0.3) is 6.08 Å². The summed E-state index contributed by atoms with van der Waals surface area (Å²) < 4.78 is 17.4. The number of rotatable bonds is 5. The molecule has 0 amide bonds. The lowest BCUT2D eigenvalue weighted by molar-refractivity contribution is 0.0832. The van der Waals surface area contributed by atoms with Crippen LogP contribution in [0.2, 0.25) is 0 Å². The molecule has 0 aromatic heterocycles. The standard InChI is InChI=1S/C23H25NO4/c1-4-26-17-7-5-16(6-8-17)11-21-22(25)18-9-10-20-19(23(18)28-21)13-24(14-27-20)12-15(2)3/h5-11,15H,4,12-14H2,1-3H3/b21-11-. The van der Waals surface area contributed by atoms with Crippen molar-refractivity contribution in [2.24, 2.45) is 5.92 Å². The Kier molecular flexibility index (Phi) is 5.09. The highest BCUT2D eigenvalue weighted by atomic mass is 16.5. The van der Waals surface area contributed by atoms with Crippen molar-refractivity contribution in [3.8, 4) is 17.2 Å². The summed E-state index contributed by atoms with van der Waals surface area (Å²) >= 11 is 0. The molecule has 146 valence electrons. The lowest BCUT2D eigenvalue weighted by Crippen LogP contribution is -2.34. The van der Waals surface area contributed by atoms with Gasteiger partial charge in [0.05, 0.1) is 17.7 Å². The number of nitrogens with zero attached hydrogens (tertiary/aromatic N) is 1. The van der Waals surface area contributed by atoms with Crippen LogP contribution >= 0.6 is 0 Å². The molecule has 0 saturated carbocycles. The zero-order valence-corrected chi connectivity index (χ0v) is 16.5. The number of ether oxygens (including phenoxy) is 3. The molecule has 0 fully saturated rings. The van der Waals surface area contributed by atoms with E-state index in [4.69, 9.17) is 14.2 Å². The van der Waals surface area contributed by atoms with Crippen LogP contribution in [0.15, 0.2) is 42.2 Å². The van der Waals surface area contributed by atoms with E-state index in [0.717, 1.165) is 35.7 Å². The Hall–Kier alpha value is -2.79. The van der Waals surface area contributed by atoms with E-state index in [1.165, 1.54) is 0 Å². The Morgan fingerprint density at radius 2 is 1.96 bits per heavy atom. The number of carbonyl (C=O) groups excluding carboxylic acids is 1. The van der Waals surface area contributed by atoms with Crippen LogP contribution in [0.1, 0.15) is 42.3 Å². The van der Waals surface area contributed by atoms with Gasteiger partial charge in [-0.3, -0.25) is 9.69 Å². The molecule has 5 nitrogen and oxygen atoms in total. The molecular formula is C23H25NO4. The first-order chi connectivity index (χ1) is 13.5. The molecule has 0 aliphatic carbocycles. The average molecular weight is 379 g/mol. The molecule has 2 aliphatic rings. The summed E-state index contributed by atoms with van der Waals surface area (Å²) in [6.45, 7) is 9.16. The highest BCUT2D eigenvalue weighted by Gasteiger charge is 2.33. The quantitative estimate of drug-likeness (QED) is 0.716. The van der Waals surface area contributed by atoms with Gasteiger partial charge >= 0.3 is 0 Å². The summed E-state index contributed by atoms with van der Waals surface area (Å²) in [5.74, 6) is 3.03. The van der Waals surface area contributed by atoms with Gasteiger partial charge < -0.3 is 14.2 Å². The van der Waals surface area contributed by atoms with Crippen molar-refractivity contribution in [2.45, 2.75) is 27.3 Å². The largest absolute Gasteiger partial charge is 0.494 e. The summed E-state index contributed by atoms with van der Waals surface area (Å²) in [5.41, 5.74) is 2.45. The lowest BCUT2D eigenvalue weighted by atomic mass is 10.0. The van der Waals surface area contributed by atoms with Gasteiger partial charge in [0.15, 0.2) is 5.76 Å². The van der Waals surface area contributed by atoms with E-state index in [0.29, 0.717) is 36.3 Å². The van der Waals surface area contributed by atoms with Gasteiger partial charge in [0.2, 0.25) is 5.78 Å². The second-order valence-corrected chi connectivity index (χ2v) is 7.54. The van der Waals surface area contributed by atoms with E-state index in [1.807, 2.05) is 37.3 Å². The van der Waals surface area contributed by atoms with Crippen LogP contribution in [0.4, 0.5) is 0 Å². The minimum Gasteiger partial charge on any atom is -0.494 e. The second-order valence-electron chi connectivity index (χ2n) is 7.54. The molecule has 2 heterocycles. The van der Waals surface area contributed by atoms with Crippen molar-refractivity contribution in [3.63, 3.8) is 0 Å². The maximum absolute atomic E-state index is 12.8. The molecule has 2 aromatic rings. The fourth-order valence-corrected chi connectivity index (χ4v) is 3.62. The molecule has 0 atom stereocenters. The van der Waals surface area contributed by atoms with Crippen LogP contribution < -0.4 is 14.2 Å². The van der Waals surface area contributed by atoms with E-state index in [9.17, 15) is 4.79 Å². The first-order valence-corrected chi connectivity index (χ1v) is 9.73. The predicted molar refractivity (Wildman–Crippen MR) is 108 cm³/mol. The number of hydrogen-bond donors (Lipinski definition) is 0. The Morgan fingerprint density at radius 1 is 1.18 bits per heavy atom. The van der Waals surface area contributed by atoms with Crippen LogP contribution in [0, 0.1) is 5.92 Å². The Bertz CT molecular complexity index is 915. The van der Waals surface area contributed by atoms with Crippen LogP contribution in [-0.2, 0) is 6.54 Å². The molecule has 0 spiro atoms. The number of fused-ring (bicyclic) bond motifs is 3. The maximum atomic E-state index is 12.8. The SMILES string of the molecule is CCOc1ccc(/C=C2\Oc3c(ccc4c3CN(CC(C)C)CO4)C2=O)cc1. The van der Waals surface area contributed by atoms with E-state index in [-0.39, 0.29) is 5.78 Å². The van der Waals surface area contributed by atoms with Crippen LogP contribution in [0.3, 0.4) is 0 Å². The zero-order chi connectivity index (χ0) is 19.7. The van der Waals surface area contributed by atoms with Gasteiger partial charge in [0, 0.05) is 13.1 Å². The zero-order valence-electron chi connectivity index (χ0n) is 16.5. The minimum absolute atomic E-state index is 0.0901. The fourth-order valence-electron chi connectivity index (χ4n) is 3.62. The van der Waals surface area contributed by atoms with Crippen molar-refractivity contribution >= 4 is 11.9 Å². The molecule has 2 aromatic carbocycles. The van der Waals surface area contributed by atoms with Crippen molar-refractivity contribution in [1.82, 2.24) is 4.90 Å². The maximum Gasteiger partial charge on any atom is 0.231 e. The molecular weight excluding hydrogens is 354 g/mol. The molecule has 0 N–H and O–H groups in total. The minimum atomic E-state index is -0.0901. The van der Waals surface area contributed by atoms with Gasteiger partial charge in [0.1, 0.15) is 24.0 Å². The molecule has 0 saturated heterocycles. The molecule has 0 bridgehead atoms. The first-order valence-electron chi connectivity index (χ1n) is 9.73. The highest BCUT2D eigenvalue weighted by Crippen LogP contribution is 2.42. The number of hydrogen-bond acceptors (Lipinski definition) is 5. The van der Waals surface area contributed by atoms with Gasteiger partial charge in [-0.2, -0.15) is 0 Å². The predicted octanol–water partition coefficient (Wildman–Crippen LogP) is 4.51. The first kappa shape index (κ1) is 18.6. The van der Waals surface area contributed by atoms with Crippen molar-refractivity contribution < 1.29 is 19.0 Å². The smallest absolute Gasteiger partial charge is 0.231 e. The van der Waals surface area contributed by atoms with Crippen LogP contribution in [0.5, 0.6) is 17.2 Å². The molecule has 5 heteroatoms. The van der Waals surface area contributed by atoms with Crippen molar-refractivity contribution in [1.29, 1.82) is 0 Å².